The molecule has 31 heavy (non-hydrogen) atoms. The second kappa shape index (κ2) is 8.40. The molecule has 0 radical (unpaired) electrons. The van der Waals surface area contributed by atoms with Crippen LogP contribution in [-0.2, 0) is 16.0 Å². The van der Waals surface area contributed by atoms with Crippen LogP contribution in [0, 0.1) is 5.41 Å². The molecule has 8 heteroatoms. The quantitative estimate of drug-likeness (QED) is 0.617. The van der Waals surface area contributed by atoms with Crippen molar-refractivity contribution in [3.63, 3.8) is 0 Å². The Morgan fingerprint density at radius 2 is 1.90 bits per heavy atom. The first-order chi connectivity index (χ1) is 15.1. The molecule has 7 nitrogen and oxygen atoms in total. The van der Waals surface area contributed by atoms with E-state index in [4.69, 9.17) is 20.8 Å². The van der Waals surface area contributed by atoms with Gasteiger partial charge in [0.1, 0.15) is 0 Å². The average Bonchev–Trinajstić information content (AvgIpc) is 3.42. The molecule has 0 aliphatic carbocycles. The van der Waals surface area contributed by atoms with Gasteiger partial charge in [-0.1, -0.05) is 29.8 Å². The highest BCUT2D eigenvalue weighted by Gasteiger charge is 2.51. The van der Waals surface area contributed by atoms with Gasteiger partial charge in [0.2, 0.25) is 17.7 Å². The lowest BCUT2D eigenvalue weighted by molar-refractivity contribution is -0.130. The molecule has 0 bridgehead atoms. The summed E-state index contributed by atoms with van der Waals surface area (Å²) >= 11 is 6.28. The SMILES string of the molecule is O=C(Cc1ccccc1Cl)N1CC(c2nnc(-c3ccncc3)o2)C2(CCOCC2)C1. The molecule has 160 valence electrons. The molecule has 3 aromatic rings. The van der Waals surface area contributed by atoms with E-state index < -0.39 is 0 Å². The topological polar surface area (TPSA) is 81.4 Å². The number of amides is 1. The van der Waals surface area contributed by atoms with Crippen LogP contribution in [0.1, 0.15) is 30.2 Å². The molecule has 2 aliphatic rings. The Morgan fingerprint density at radius 1 is 1.13 bits per heavy atom. The average molecular weight is 439 g/mol. The molecule has 1 aromatic carbocycles. The van der Waals surface area contributed by atoms with E-state index in [1.165, 1.54) is 0 Å². The minimum atomic E-state index is -0.115. The van der Waals surface area contributed by atoms with E-state index >= 15 is 0 Å². The number of likely N-dealkylation sites (tertiary alicyclic amines) is 1. The van der Waals surface area contributed by atoms with Gasteiger partial charge in [-0.15, -0.1) is 10.2 Å². The van der Waals surface area contributed by atoms with E-state index in [2.05, 4.69) is 15.2 Å². The Balaban J connectivity index is 1.40. The summed E-state index contributed by atoms with van der Waals surface area (Å²) in [5.41, 5.74) is 1.56. The number of pyridine rings is 1. The molecule has 1 spiro atoms. The highest BCUT2D eigenvalue weighted by molar-refractivity contribution is 6.31. The number of benzene rings is 1. The maximum absolute atomic E-state index is 13.2. The smallest absolute Gasteiger partial charge is 0.247 e. The minimum absolute atomic E-state index is 0.0188. The molecule has 1 atom stereocenters. The van der Waals surface area contributed by atoms with Crippen LogP contribution in [0.2, 0.25) is 5.02 Å². The van der Waals surface area contributed by atoms with Crippen LogP contribution in [0.4, 0.5) is 0 Å². The van der Waals surface area contributed by atoms with Crippen LogP contribution in [0.25, 0.3) is 11.5 Å². The van der Waals surface area contributed by atoms with Gasteiger partial charge in [-0.25, -0.2) is 0 Å². The van der Waals surface area contributed by atoms with Crippen molar-refractivity contribution < 1.29 is 13.9 Å². The molecular weight excluding hydrogens is 416 g/mol. The summed E-state index contributed by atoms with van der Waals surface area (Å²) in [6, 6.07) is 11.2. The van der Waals surface area contributed by atoms with E-state index in [9.17, 15) is 4.79 Å². The largest absolute Gasteiger partial charge is 0.420 e. The summed E-state index contributed by atoms with van der Waals surface area (Å²) in [7, 11) is 0. The fraction of sp³-hybridized carbons (Fsp3) is 0.391. The number of halogens is 1. The zero-order chi connectivity index (χ0) is 21.3. The van der Waals surface area contributed by atoms with E-state index in [1.54, 1.807) is 12.4 Å². The highest BCUT2D eigenvalue weighted by atomic mass is 35.5. The Labute approximate surface area is 185 Å². The van der Waals surface area contributed by atoms with Crippen LogP contribution in [0.5, 0.6) is 0 Å². The first-order valence-electron chi connectivity index (χ1n) is 10.5. The van der Waals surface area contributed by atoms with Crippen LogP contribution >= 0.6 is 11.6 Å². The molecule has 2 aliphatic heterocycles. The van der Waals surface area contributed by atoms with Gasteiger partial charge in [-0.2, -0.15) is 0 Å². The lowest BCUT2D eigenvalue weighted by Gasteiger charge is -2.36. The molecule has 5 rings (SSSR count). The second-order valence-corrected chi connectivity index (χ2v) is 8.66. The lowest BCUT2D eigenvalue weighted by atomic mass is 9.72. The maximum atomic E-state index is 13.2. The molecule has 2 saturated heterocycles. The molecule has 0 N–H and O–H groups in total. The molecule has 2 aromatic heterocycles. The van der Waals surface area contributed by atoms with Crippen LogP contribution in [-0.4, -0.2) is 52.3 Å². The minimum Gasteiger partial charge on any atom is -0.420 e. The first kappa shape index (κ1) is 20.2. The number of hydrogen-bond donors (Lipinski definition) is 0. The number of carbonyl (C=O) groups is 1. The fourth-order valence-electron chi connectivity index (χ4n) is 4.69. The molecular formula is C23H23ClN4O3. The fourth-order valence-corrected chi connectivity index (χ4v) is 4.89. The van der Waals surface area contributed by atoms with Crippen molar-refractivity contribution >= 4 is 17.5 Å². The van der Waals surface area contributed by atoms with E-state index in [1.807, 2.05) is 41.3 Å². The van der Waals surface area contributed by atoms with Gasteiger partial charge in [0.25, 0.3) is 0 Å². The molecule has 1 amide bonds. The third-order valence-electron chi connectivity index (χ3n) is 6.45. The van der Waals surface area contributed by atoms with Gasteiger partial charge in [0, 0.05) is 54.7 Å². The van der Waals surface area contributed by atoms with Gasteiger partial charge >= 0.3 is 0 Å². The molecule has 0 saturated carbocycles. The van der Waals surface area contributed by atoms with Crippen LogP contribution in [0.15, 0.2) is 53.2 Å². The van der Waals surface area contributed by atoms with Crippen molar-refractivity contribution in [1.29, 1.82) is 0 Å². The van der Waals surface area contributed by atoms with Gasteiger partial charge in [0.05, 0.1) is 12.3 Å². The normalized spacial score (nSPS) is 20.3. The predicted octanol–water partition coefficient (Wildman–Crippen LogP) is 3.75. The second-order valence-electron chi connectivity index (χ2n) is 8.25. The van der Waals surface area contributed by atoms with Gasteiger partial charge in [0.15, 0.2) is 0 Å². The Hall–Kier alpha value is -2.77. The Kier molecular flexibility index (Phi) is 5.46. The third kappa shape index (κ3) is 3.95. The third-order valence-corrected chi connectivity index (χ3v) is 6.82. The first-order valence-corrected chi connectivity index (χ1v) is 10.9. The Bertz CT molecular complexity index is 1070. The Morgan fingerprint density at radius 3 is 2.68 bits per heavy atom. The molecule has 1 unspecified atom stereocenters. The number of rotatable bonds is 4. The summed E-state index contributed by atoms with van der Waals surface area (Å²) in [4.78, 5) is 19.1. The molecule has 4 heterocycles. The number of nitrogens with zero attached hydrogens (tertiary/aromatic N) is 4. The number of carbonyl (C=O) groups excluding carboxylic acids is 1. The van der Waals surface area contributed by atoms with Crippen molar-refractivity contribution in [2.75, 3.05) is 26.3 Å². The van der Waals surface area contributed by atoms with Crippen molar-refractivity contribution in [3.8, 4) is 11.5 Å². The van der Waals surface area contributed by atoms with Gasteiger partial charge in [-0.05, 0) is 36.6 Å². The summed E-state index contributed by atoms with van der Waals surface area (Å²) in [6.07, 6.45) is 5.40. The number of aromatic nitrogens is 3. The lowest BCUT2D eigenvalue weighted by Crippen LogP contribution is -2.37. The molecule has 2 fully saturated rings. The summed E-state index contributed by atoms with van der Waals surface area (Å²) in [5, 5.41) is 9.26. The number of ether oxygens (including phenoxy) is 1. The summed E-state index contributed by atoms with van der Waals surface area (Å²) in [5.74, 6) is 1.10. The van der Waals surface area contributed by atoms with E-state index in [0.717, 1.165) is 24.0 Å². The zero-order valence-corrected chi connectivity index (χ0v) is 17.8. The van der Waals surface area contributed by atoms with Gasteiger partial charge < -0.3 is 14.1 Å². The van der Waals surface area contributed by atoms with Crippen molar-refractivity contribution in [1.82, 2.24) is 20.1 Å². The number of hydrogen-bond acceptors (Lipinski definition) is 6. The monoisotopic (exact) mass is 438 g/mol. The van der Waals surface area contributed by atoms with Crippen LogP contribution in [0.3, 0.4) is 0 Å². The van der Waals surface area contributed by atoms with Gasteiger partial charge in [-0.3, -0.25) is 9.78 Å². The van der Waals surface area contributed by atoms with Crippen molar-refractivity contribution in [2.45, 2.75) is 25.2 Å². The predicted molar refractivity (Wildman–Crippen MR) is 114 cm³/mol. The summed E-state index contributed by atoms with van der Waals surface area (Å²) in [6.45, 7) is 2.57. The standard InChI is InChI=1S/C23H23ClN4O3/c24-19-4-2-1-3-17(19)13-20(29)28-14-18(23(15-28)7-11-30-12-8-23)22-27-26-21(31-22)16-5-9-25-10-6-16/h1-6,9-10,18H,7-8,11-15H2. The van der Waals surface area contributed by atoms with E-state index in [0.29, 0.717) is 43.1 Å². The van der Waals surface area contributed by atoms with E-state index in [-0.39, 0.29) is 23.7 Å². The van der Waals surface area contributed by atoms with Crippen LogP contribution < -0.4 is 0 Å². The van der Waals surface area contributed by atoms with Crippen molar-refractivity contribution in [3.05, 3.63) is 65.3 Å². The highest BCUT2D eigenvalue weighted by Crippen LogP contribution is 2.49. The zero-order valence-electron chi connectivity index (χ0n) is 17.0. The maximum Gasteiger partial charge on any atom is 0.247 e. The summed E-state index contributed by atoms with van der Waals surface area (Å²) < 4.78 is 11.7. The van der Waals surface area contributed by atoms with Crippen molar-refractivity contribution in [2.24, 2.45) is 5.41 Å².